The number of hydrogen-bond donors (Lipinski definition) is 1. The zero-order valence-electron chi connectivity index (χ0n) is 5.29. The summed E-state index contributed by atoms with van der Waals surface area (Å²) in [7, 11) is 0. The molecule has 2 heterocycles. The van der Waals surface area contributed by atoms with Crippen LogP contribution in [-0.4, -0.2) is 18.8 Å². The lowest BCUT2D eigenvalue weighted by atomic mass is 9.95. The topological polar surface area (TPSA) is 35.2 Å². The summed E-state index contributed by atoms with van der Waals surface area (Å²) in [6, 6.07) is 0. The average molecular weight is 125 g/mol. The van der Waals surface area contributed by atoms with Crippen molar-refractivity contribution in [1.29, 1.82) is 0 Å². The minimum absolute atomic E-state index is 0.347. The molecule has 0 radical (unpaired) electrons. The fourth-order valence-corrected chi connectivity index (χ4v) is 1.59. The van der Waals surface area contributed by atoms with Crippen molar-refractivity contribution in [3.8, 4) is 0 Å². The van der Waals surface area contributed by atoms with Gasteiger partial charge in [0.2, 0.25) is 0 Å². The van der Waals surface area contributed by atoms with Crippen molar-refractivity contribution in [3.05, 3.63) is 12.2 Å². The van der Waals surface area contributed by atoms with Gasteiger partial charge in [0.15, 0.2) is 0 Å². The van der Waals surface area contributed by atoms with E-state index in [4.69, 9.17) is 10.5 Å². The van der Waals surface area contributed by atoms with Crippen molar-refractivity contribution >= 4 is 0 Å². The lowest BCUT2D eigenvalue weighted by Crippen LogP contribution is -2.22. The molecule has 1 fully saturated rings. The van der Waals surface area contributed by atoms with Crippen molar-refractivity contribution < 1.29 is 4.74 Å². The van der Waals surface area contributed by atoms with Crippen LogP contribution in [0.25, 0.3) is 0 Å². The van der Waals surface area contributed by atoms with Gasteiger partial charge in [-0.15, -0.1) is 0 Å². The molecule has 0 aromatic rings. The summed E-state index contributed by atoms with van der Waals surface area (Å²) >= 11 is 0. The normalized spacial score (nSPS) is 46.6. The third kappa shape index (κ3) is 0.705. The van der Waals surface area contributed by atoms with Gasteiger partial charge < -0.3 is 10.5 Å². The largest absolute Gasteiger partial charge is 0.367 e. The predicted octanol–water partition coefficient (Wildman–Crippen LogP) is 0.289. The number of nitrogens with two attached hydrogens (primary N) is 1. The van der Waals surface area contributed by atoms with Crippen LogP contribution in [0.3, 0.4) is 0 Å². The summed E-state index contributed by atoms with van der Waals surface area (Å²) in [4.78, 5) is 0. The molecule has 0 unspecified atom stereocenters. The molecule has 50 valence electrons. The van der Waals surface area contributed by atoms with E-state index in [-0.39, 0.29) is 0 Å². The molecular formula is C7H11NO. The molecule has 0 amide bonds. The third-order valence-corrected chi connectivity index (χ3v) is 2.15. The number of hydrogen-bond acceptors (Lipinski definition) is 2. The Morgan fingerprint density at radius 3 is 2.78 bits per heavy atom. The first-order valence-corrected chi connectivity index (χ1v) is 3.44. The molecule has 0 saturated carbocycles. The Hall–Kier alpha value is -0.340. The van der Waals surface area contributed by atoms with Gasteiger partial charge >= 0.3 is 0 Å². The zero-order valence-corrected chi connectivity index (χ0v) is 5.29. The number of fused-ring (bicyclic) bond motifs is 2. The average Bonchev–Trinajstić information content (AvgIpc) is 2.45. The molecular weight excluding hydrogens is 114 g/mol. The second-order valence-electron chi connectivity index (χ2n) is 2.76. The Kier molecular flexibility index (Phi) is 1.10. The molecule has 0 aromatic heterocycles. The number of ether oxygens (including phenoxy) is 1. The van der Waals surface area contributed by atoms with Crippen LogP contribution in [0.2, 0.25) is 0 Å². The standard InChI is InChI=1S/C7H11NO/c8-4-5-3-6-1-2-7(5)9-6/h1-2,5-7H,3-4,8H2/t5-,6-,7+/m0/s1. The highest BCUT2D eigenvalue weighted by atomic mass is 16.5. The SMILES string of the molecule is NC[C@@H]1C[C@@H]2C=C[C@H]1O2. The highest BCUT2D eigenvalue weighted by molar-refractivity contribution is 5.10. The van der Waals surface area contributed by atoms with Crippen LogP contribution in [0.4, 0.5) is 0 Å². The van der Waals surface area contributed by atoms with Gasteiger partial charge in [0.1, 0.15) is 0 Å². The number of rotatable bonds is 1. The van der Waals surface area contributed by atoms with Crippen LogP contribution in [0, 0.1) is 5.92 Å². The molecule has 3 atom stereocenters. The summed E-state index contributed by atoms with van der Waals surface area (Å²) in [5, 5.41) is 0. The first-order valence-electron chi connectivity index (χ1n) is 3.44. The Labute approximate surface area is 54.7 Å². The lowest BCUT2D eigenvalue weighted by molar-refractivity contribution is 0.110. The van der Waals surface area contributed by atoms with Crippen molar-refractivity contribution in [1.82, 2.24) is 0 Å². The second-order valence-corrected chi connectivity index (χ2v) is 2.76. The van der Waals surface area contributed by atoms with E-state index in [0.29, 0.717) is 18.1 Å². The monoisotopic (exact) mass is 125 g/mol. The molecule has 2 bridgehead atoms. The van der Waals surface area contributed by atoms with E-state index in [0.717, 1.165) is 13.0 Å². The summed E-state index contributed by atoms with van der Waals surface area (Å²) in [6.45, 7) is 0.769. The van der Waals surface area contributed by atoms with E-state index in [1.54, 1.807) is 0 Å². The molecule has 2 aliphatic rings. The van der Waals surface area contributed by atoms with E-state index < -0.39 is 0 Å². The van der Waals surface area contributed by atoms with Gasteiger partial charge in [-0.2, -0.15) is 0 Å². The van der Waals surface area contributed by atoms with Crippen LogP contribution in [-0.2, 0) is 4.74 Å². The molecule has 0 spiro atoms. The van der Waals surface area contributed by atoms with Crippen molar-refractivity contribution in [2.24, 2.45) is 11.7 Å². The minimum Gasteiger partial charge on any atom is -0.367 e. The smallest absolute Gasteiger partial charge is 0.0806 e. The fraction of sp³-hybridized carbons (Fsp3) is 0.714. The maximum Gasteiger partial charge on any atom is 0.0806 e. The molecule has 2 nitrogen and oxygen atoms in total. The summed E-state index contributed by atoms with van der Waals surface area (Å²) in [5.74, 6) is 0.597. The second kappa shape index (κ2) is 1.82. The molecule has 9 heavy (non-hydrogen) atoms. The van der Waals surface area contributed by atoms with E-state index in [1.807, 2.05) is 0 Å². The van der Waals surface area contributed by atoms with Gasteiger partial charge in [-0.1, -0.05) is 12.2 Å². The molecule has 2 heteroatoms. The van der Waals surface area contributed by atoms with Crippen molar-refractivity contribution in [2.45, 2.75) is 18.6 Å². The van der Waals surface area contributed by atoms with E-state index in [9.17, 15) is 0 Å². The van der Waals surface area contributed by atoms with Crippen LogP contribution in [0.1, 0.15) is 6.42 Å². The van der Waals surface area contributed by atoms with Crippen molar-refractivity contribution in [3.63, 3.8) is 0 Å². The highest BCUT2D eigenvalue weighted by Crippen LogP contribution is 2.32. The van der Waals surface area contributed by atoms with Crippen LogP contribution in [0.15, 0.2) is 12.2 Å². The van der Waals surface area contributed by atoms with Gasteiger partial charge in [0.25, 0.3) is 0 Å². The molecule has 0 aromatic carbocycles. The minimum atomic E-state index is 0.347. The van der Waals surface area contributed by atoms with Gasteiger partial charge in [-0.25, -0.2) is 0 Å². The Morgan fingerprint density at radius 1 is 1.56 bits per heavy atom. The Morgan fingerprint density at radius 2 is 2.44 bits per heavy atom. The van der Waals surface area contributed by atoms with Crippen molar-refractivity contribution in [2.75, 3.05) is 6.54 Å². The maximum atomic E-state index is 5.51. The summed E-state index contributed by atoms with van der Waals surface area (Å²) < 4.78 is 5.48. The van der Waals surface area contributed by atoms with E-state index in [1.165, 1.54) is 0 Å². The summed E-state index contributed by atoms with van der Waals surface area (Å²) in [5.41, 5.74) is 5.51. The maximum absolute atomic E-state index is 5.51. The lowest BCUT2D eigenvalue weighted by Gasteiger charge is -2.10. The third-order valence-electron chi connectivity index (χ3n) is 2.15. The van der Waals surface area contributed by atoms with Crippen LogP contribution >= 0.6 is 0 Å². The van der Waals surface area contributed by atoms with Crippen LogP contribution in [0.5, 0.6) is 0 Å². The summed E-state index contributed by atoms with van der Waals surface area (Å²) in [6.07, 6.45) is 6.14. The fourth-order valence-electron chi connectivity index (χ4n) is 1.59. The Bertz CT molecular complexity index is 144. The molecule has 0 aliphatic carbocycles. The van der Waals surface area contributed by atoms with Gasteiger partial charge in [0.05, 0.1) is 12.2 Å². The quantitative estimate of drug-likeness (QED) is 0.511. The highest BCUT2D eigenvalue weighted by Gasteiger charge is 2.35. The molecule has 2 N–H and O–H groups in total. The molecule has 2 aliphatic heterocycles. The first kappa shape index (κ1) is 5.45. The van der Waals surface area contributed by atoms with Gasteiger partial charge in [-0.3, -0.25) is 0 Å². The Balaban J connectivity index is 2.10. The van der Waals surface area contributed by atoms with Crippen LogP contribution < -0.4 is 5.73 Å². The first-order chi connectivity index (χ1) is 4.40. The molecule has 1 saturated heterocycles. The van der Waals surface area contributed by atoms with Gasteiger partial charge in [0, 0.05) is 5.92 Å². The van der Waals surface area contributed by atoms with E-state index >= 15 is 0 Å². The van der Waals surface area contributed by atoms with E-state index in [2.05, 4.69) is 12.2 Å². The van der Waals surface area contributed by atoms with Gasteiger partial charge in [-0.05, 0) is 13.0 Å². The molecule has 2 rings (SSSR count). The zero-order chi connectivity index (χ0) is 6.27. The predicted molar refractivity (Wildman–Crippen MR) is 35.0 cm³/mol.